The van der Waals surface area contributed by atoms with E-state index in [9.17, 15) is 4.79 Å². The van der Waals surface area contributed by atoms with Crippen molar-refractivity contribution in [1.82, 2.24) is 0 Å². The lowest BCUT2D eigenvalue weighted by atomic mass is 10.3. The van der Waals surface area contributed by atoms with Gasteiger partial charge in [-0.3, -0.25) is 4.79 Å². The van der Waals surface area contributed by atoms with Crippen LogP contribution in [0, 0.1) is 5.41 Å². The number of carbonyl (C=O) groups excluding carboxylic acids is 1. The van der Waals surface area contributed by atoms with E-state index >= 15 is 0 Å². The minimum absolute atomic E-state index is 0. The molecule has 0 saturated heterocycles. The number of Topliss-reactive ketones (excluding diaryl/α,β-unsaturated/α-hetero) is 1. The third-order valence-electron chi connectivity index (χ3n) is 0.641. The van der Waals surface area contributed by atoms with E-state index in [1.54, 1.807) is 6.92 Å². The summed E-state index contributed by atoms with van der Waals surface area (Å²) in [7, 11) is 0. The van der Waals surface area contributed by atoms with E-state index in [1.807, 2.05) is 0 Å². The highest BCUT2D eigenvalue weighted by atomic mass is 16.1. The molecule has 0 aromatic heterocycles. The summed E-state index contributed by atoms with van der Waals surface area (Å²) in [6, 6.07) is -0.287. The van der Waals surface area contributed by atoms with E-state index in [-0.39, 0.29) is 26.7 Å². The van der Waals surface area contributed by atoms with Crippen molar-refractivity contribution in [2.24, 2.45) is 5.73 Å². The number of hydrogen-bond acceptors (Lipinski definition) is 3. The van der Waals surface area contributed by atoms with Crippen molar-refractivity contribution in [2.75, 3.05) is 0 Å². The van der Waals surface area contributed by atoms with Gasteiger partial charge in [-0.15, -0.1) is 0 Å². The van der Waals surface area contributed by atoms with Gasteiger partial charge < -0.3 is 11.1 Å². The molecule has 0 saturated carbocycles. The van der Waals surface area contributed by atoms with Crippen molar-refractivity contribution in [2.45, 2.75) is 34.7 Å². The third kappa shape index (κ3) is 26.6. The molecular weight excluding hydrogens is 128 g/mol. The van der Waals surface area contributed by atoms with Crippen molar-refractivity contribution >= 4 is 12.5 Å². The smallest absolute Gasteiger partial charge is 0.146 e. The fourth-order valence-electron chi connectivity index (χ4n) is 0. The van der Waals surface area contributed by atoms with Crippen molar-refractivity contribution in [3.63, 3.8) is 0 Å². The van der Waals surface area contributed by atoms with Gasteiger partial charge in [-0.1, -0.05) is 14.9 Å². The van der Waals surface area contributed by atoms with Crippen LogP contribution < -0.4 is 5.73 Å². The second-order valence-corrected chi connectivity index (χ2v) is 1.40. The van der Waals surface area contributed by atoms with Gasteiger partial charge in [0.2, 0.25) is 0 Å². The summed E-state index contributed by atoms with van der Waals surface area (Å²) in [5, 5.41) is 5.50. The average molecular weight is 148 g/mol. The molecule has 0 fully saturated rings. The Morgan fingerprint density at radius 1 is 1.50 bits per heavy atom. The van der Waals surface area contributed by atoms with Gasteiger partial charge in [-0.2, -0.15) is 0 Å². The summed E-state index contributed by atoms with van der Waals surface area (Å²) in [5.41, 5.74) is 5.09. The molecule has 1 unspecified atom stereocenters. The Kier molecular flexibility index (Phi) is 35.9. The topological polar surface area (TPSA) is 66.9 Å². The molecule has 0 aromatic rings. The van der Waals surface area contributed by atoms with E-state index in [0.29, 0.717) is 0 Å². The van der Waals surface area contributed by atoms with Crippen LogP contribution in [0.1, 0.15) is 28.7 Å². The highest BCUT2D eigenvalue weighted by Crippen LogP contribution is 1.72. The lowest BCUT2D eigenvalue weighted by molar-refractivity contribution is -0.117. The second kappa shape index (κ2) is 15.7. The maximum Gasteiger partial charge on any atom is 0.146 e. The minimum atomic E-state index is -0.287. The molecule has 0 heterocycles. The number of hydrogen-bond donors (Lipinski definition) is 2. The van der Waals surface area contributed by atoms with Crippen LogP contribution in [0.4, 0.5) is 0 Å². The van der Waals surface area contributed by atoms with Crippen LogP contribution in [0.2, 0.25) is 0 Å². The largest absolute Gasteiger partial charge is 0.322 e. The first-order valence-corrected chi connectivity index (χ1v) is 2.26. The first kappa shape index (κ1) is 22.8. The molecule has 3 nitrogen and oxygen atoms in total. The first-order chi connectivity index (χ1) is 3.64. The zero-order valence-electron chi connectivity index (χ0n) is 5.27. The summed E-state index contributed by atoms with van der Waals surface area (Å²) in [5.74, 6) is 0.0370. The molecule has 0 aliphatic heterocycles. The normalized spacial score (nSPS) is 8.70. The van der Waals surface area contributed by atoms with Gasteiger partial charge in [-0.05, 0) is 20.6 Å². The molecular formula is C7H20N2O. The third-order valence-corrected chi connectivity index (χ3v) is 0.641. The SMILES string of the molecule is C.C.C=N.CC(=O)C(C)N. The highest BCUT2D eigenvalue weighted by Gasteiger charge is 1.95. The summed E-state index contributed by atoms with van der Waals surface area (Å²) >= 11 is 0. The van der Waals surface area contributed by atoms with Gasteiger partial charge in [0.15, 0.2) is 0 Å². The molecule has 10 heavy (non-hydrogen) atoms. The van der Waals surface area contributed by atoms with Crippen molar-refractivity contribution < 1.29 is 4.79 Å². The monoisotopic (exact) mass is 148 g/mol. The zero-order valence-corrected chi connectivity index (χ0v) is 5.27. The molecule has 1 atom stereocenters. The minimum Gasteiger partial charge on any atom is -0.322 e. The first-order valence-electron chi connectivity index (χ1n) is 2.26. The summed E-state index contributed by atoms with van der Waals surface area (Å²) in [6.45, 7) is 5.65. The van der Waals surface area contributed by atoms with Gasteiger partial charge in [0.1, 0.15) is 5.78 Å². The van der Waals surface area contributed by atoms with Crippen molar-refractivity contribution in [3.05, 3.63) is 0 Å². The van der Waals surface area contributed by atoms with Crippen LogP contribution in [0.15, 0.2) is 0 Å². The van der Waals surface area contributed by atoms with Crippen molar-refractivity contribution in [3.8, 4) is 0 Å². The van der Waals surface area contributed by atoms with Crippen LogP contribution in [0.25, 0.3) is 0 Å². The second-order valence-electron chi connectivity index (χ2n) is 1.40. The van der Waals surface area contributed by atoms with Gasteiger partial charge in [0.05, 0.1) is 6.04 Å². The summed E-state index contributed by atoms with van der Waals surface area (Å²) in [6.07, 6.45) is 0. The number of nitrogens with one attached hydrogen (secondary N) is 1. The number of rotatable bonds is 1. The number of nitrogens with two attached hydrogens (primary N) is 1. The zero-order chi connectivity index (χ0) is 7.15. The van der Waals surface area contributed by atoms with Crippen LogP contribution in [-0.2, 0) is 4.79 Å². The Hall–Kier alpha value is -0.700. The molecule has 0 radical (unpaired) electrons. The van der Waals surface area contributed by atoms with Crippen molar-refractivity contribution in [1.29, 1.82) is 5.41 Å². The molecule has 3 heteroatoms. The lowest BCUT2D eigenvalue weighted by Gasteiger charge is -1.91. The van der Waals surface area contributed by atoms with Crippen LogP contribution >= 0.6 is 0 Å². The molecule has 0 aromatic carbocycles. The average Bonchev–Trinajstić information content (AvgIpc) is 1.72. The maximum atomic E-state index is 10.0. The fourth-order valence-corrected chi connectivity index (χ4v) is 0. The van der Waals surface area contributed by atoms with E-state index in [4.69, 9.17) is 11.1 Å². The Balaban J connectivity index is -0.0000000412. The van der Waals surface area contributed by atoms with Crippen LogP contribution in [0.5, 0.6) is 0 Å². The van der Waals surface area contributed by atoms with Crippen LogP contribution in [-0.4, -0.2) is 18.5 Å². The standard InChI is InChI=1S/C4H9NO.CH3N.2CH4/c1-3(5)4(2)6;1-2;;/h3H,5H2,1-2H3;2H,1H2;2*1H4. The lowest BCUT2D eigenvalue weighted by Crippen LogP contribution is -2.23. The Bertz CT molecular complexity index is 72.0. The Morgan fingerprint density at radius 3 is 1.60 bits per heavy atom. The molecule has 0 spiro atoms. The highest BCUT2D eigenvalue weighted by molar-refractivity contribution is 5.80. The van der Waals surface area contributed by atoms with Gasteiger partial charge in [0.25, 0.3) is 0 Å². The summed E-state index contributed by atoms with van der Waals surface area (Å²) < 4.78 is 0. The predicted octanol–water partition coefficient (Wildman–Crippen LogP) is 1.46. The Morgan fingerprint density at radius 2 is 1.60 bits per heavy atom. The van der Waals surface area contributed by atoms with Gasteiger partial charge in [0, 0.05) is 0 Å². The molecule has 3 N–H and O–H groups in total. The van der Waals surface area contributed by atoms with Gasteiger partial charge in [-0.25, -0.2) is 0 Å². The maximum absolute atomic E-state index is 10.0. The molecule has 0 aliphatic rings. The number of ketones is 1. The summed E-state index contributed by atoms with van der Waals surface area (Å²) in [4.78, 5) is 10.0. The fraction of sp³-hybridized carbons (Fsp3) is 0.714. The van der Waals surface area contributed by atoms with E-state index in [1.165, 1.54) is 6.92 Å². The van der Waals surface area contributed by atoms with E-state index in [0.717, 1.165) is 0 Å². The molecule has 0 aliphatic carbocycles. The van der Waals surface area contributed by atoms with Gasteiger partial charge >= 0.3 is 0 Å². The molecule has 0 bridgehead atoms. The molecule has 0 amide bonds. The van der Waals surface area contributed by atoms with E-state index < -0.39 is 0 Å². The predicted molar refractivity (Wildman–Crippen MR) is 47.6 cm³/mol. The molecule has 0 rings (SSSR count). The Labute approximate surface area is 64.1 Å². The number of carbonyl (C=O) groups is 1. The van der Waals surface area contributed by atoms with Crippen LogP contribution in [0.3, 0.4) is 0 Å². The molecule has 64 valence electrons. The quantitative estimate of drug-likeness (QED) is 0.553. The van der Waals surface area contributed by atoms with E-state index in [2.05, 4.69) is 6.72 Å².